The van der Waals surface area contributed by atoms with Crippen molar-refractivity contribution in [2.75, 3.05) is 4.72 Å². The van der Waals surface area contributed by atoms with Gasteiger partial charge in [0.2, 0.25) is 0 Å². The van der Waals surface area contributed by atoms with E-state index in [-0.39, 0.29) is 4.90 Å². The Morgan fingerprint density at radius 3 is 2.47 bits per heavy atom. The highest BCUT2D eigenvalue weighted by molar-refractivity contribution is 7.92. The van der Waals surface area contributed by atoms with Gasteiger partial charge in [-0.15, -0.1) is 0 Å². The summed E-state index contributed by atoms with van der Waals surface area (Å²) in [6.07, 6.45) is 3.00. The van der Waals surface area contributed by atoms with Crippen molar-refractivity contribution in [3.05, 3.63) is 84.1 Å². The Kier molecular flexibility index (Phi) is 4.30. The fourth-order valence-corrected chi connectivity index (χ4v) is 5.99. The number of sulfonamides is 1. The van der Waals surface area contributed by atoms with Crippen LogP contribution in [-0.2, 0) is 22.9 Å². The van der Waals surface area contributed by atoms with Gasteiger partial charge in [0.25, 0.3) is 10.0 Å². The Morgan fingerprint density at radius 1 is 0.875 bits per heavy atom. The van der Waals surface area contributed by atoms with E-state index in [1.54, 1.807) is 12.1 Å². The second-order valence-electron chi connectivity index (χ2n) is 8.81. The Bertz CT molecular complexity index is 1610. The molecule has 1 aliphatic rings. The van der Waals surface area contributed by atoms with E-state index in [1.807, 2.05) is 60.7 Å². The van der Waals surface area contributed by atoms with Crippen molar-refractivity contribution in [1.29, 1.82) is 0 Å². The second kappa shape index (κ2) is 7.10. The predicted molar refractivity (Wildman–Crippen MR) is 130 cm³/mol. The molecule has 0 saturated carbocycles. The van der Waals surface area contributed by atoms with E-state index in [0.717, 1.165) is 57.5 Å². The minimum absolute atomic E-state index is 0.253. The van der Waals surface area contributed by atoms with Crippen molar-refractivity contribution in [3.63, 3.8) is 0 Å². The molecule has 1 N–H and O–H groups in total. The van der Waals surface area contributed by atoms with E-state index >= 15 is 0 Å². The number of hydrogen-bond acceptors (Lipinski definition) is 3. The van der Waals surface area contributed by atoms with E-state index < -0.39 is 10.0 Å². The van der Waals surface area contributed by atoms with Crippen LogP contribution in [0.15, 0.2) is 82.1 Å². The zero-order chi connectivity index (χ0) is 21.9. The maximum atomic E-state index is 13.4. The molecule has 0 saturated heterocycles. The van der Waals surface area contributed by atoms with Gasteiger partial charge < -0.3 is 4.42 Å². The Labute approximate surface area is 186 Å². The summed E-state index contributed by atoms with van der Waals surface area (Å²) in [5.74, 6) is 1.64. The monoisotopic (exact) mass is 441 g/mol. The molecule has 1 heterocycles. The number of hydrogen-bond donors (Lipinski definition) is 1. The van der Waals surface area contributed by atoms with Gasteiger partial charge in [0, 0.05) is 28.1 Å². The Balaban J connectivity index is 1.51. The van der Waals surface area contributed by atoms with Crippen LogP contribution in [0.4, 0.5) is 5.69 Å². The van der Waals surface area contributed by atoms with Gasteiger partial charge in [-0.25, -0.2) is 8.42 Å². The zero-order valence-electron chi connectivity index (χ0n) is 17.8. The van der Waals surface area contributed by atoms with Gasteiger partial charge in [0.15, 0.2) is 0 Å². The van der Waals surface area contributed by atoms with Gasteiger partial charge in [0.1, 0.15) is 11.3 Å². The normalized spacial score (nSPS) is 16.5. The smallest absolute Gasteiger partial charge is 0.261 e. The average molecular weight is 442 g/mol. The van der Waals surface area contributed by atoms with Crippen LogP contribution < -0.4 is 4.72 Å². The van der Waals surface area contributed by atoms with Gasteiger partial charge in [-0.1, -0.05) is 61.5 Å². The minimum atomic E-state index is -3.76. The molecule has 4 nitrogen and oxygen atoms in total. The molecule has 5 heteroatoms. The van der Waals surface area contributed by atoms with Crippen LogP contribution in [-0.4, -0.2) is 8.42 Å². The van der Waals surface area contributed by atoms with Crippen LogP contribution in [0.3, 0.4) is 0 Å². The molecule has 1 aliphatic carbocycles. The van der Waals surface area contributed by atoms with Crippen LogP contribution >= 0.6 is 0 Å². The summed E-state index contributed by atoms with van der Waals surface area (Å²) < 4.78 is 35.9. The van der Waals surface area contributed by atoms with Crippen LogP contribution in [0, 0.1) is 5.92 Å². The third-order valence-electron chi connectivity index (χ3n) is 6.58. The van der Waals surface area contributed by atoms with Crippen LogP contribution in [0.2, 0.25) is 0 Å². The maximum Gasteiger partial charge on any atom is 0.261 e. The van der Waals surface area contributed by atoms with Crippen molar-refractivity contribution in [3.8, 4) is 0 Å². The maximum absolute atomic E-state index is 13.4. The third kappa shape index (κ3) is 3.07. The molecule has 0 bridgehead atoms. The van der Waals surface area contributed by atoms with E-state index in [0.29, 0.717) is 11.6 Å². The molecular formula is C27H23NO3S. The van der Waals surface area contributed by atoms with Crippen molar-refractivity contribution < 1.29 is 12.8 Å². The largest absolute Gasteiger partial charge is 0.460 e. The summed E-state index contributed by atoms with van der Waals surface area (Å²) >= 11 is 0. The number of benzene rings is 4. The lowest BCUT2D eigenvalue weighted by Gasteiger charge is -2.16. The number of aryl methyl sites for hydroxylation is 1. The van der Waals surface area contributed by atoms with Crippen LogP contribution in [0.1, 0.15) is 24.7 Å². The number of nitrogens with one attached hydrogen (secondary N) is 1. The quantitative estimate of drug-likeness (QED) is 0.340. The fraction of sp³-hybridized carbons (Fsp3) is 0.185. The van der Waals surface area contributed by atoms with Gasteiger partial charge in [-0.05, 0) is 47.7 Å². The summed E-state index contributed by atoms with van der Waals surface area (Å²) in [7, 11) is -3.76. The molecule has 6 rings (SSSR count). The number of anilines is 1. The Morgan fingerprint density at radius 2 is 1.62 bits per heavy atom. The lowest BCUT2D eigenvalue weighted by molar-refractivity contribution is 0.427. The number of fused-ring (bicyclic) bond motifs is 6. The highest BCUT2D eigenvalue weighted by Gasteiger charge is 2.25. The lowest BCUT2D eigenvalue weighted by atomic mass is 9.88. The second-order valence-corrected chi connectivity index (χ2v) is 10.5. The lowest BCUT2D eigenvalue weighted by Crippen LogP contribution is -2.13. The van der Waals surface area contributed by atoms with E-state index in [4.69, 9.17) is 4.42 Å². The van der Waals surface area contributed by atoms with Crippen LogP contribution in [0.25, 0.3) is 32.5 Å². The van der Waals surface area contributed by atoms with Crippen molar-refractivity contribution in [2.24, 2.45) is 5.92 Å². The molecule has 32 heavy (non-hydrogen) atoms. The summed E-state index contributed by atoms with van der Waals surface area (Å²) in [4.78, 5) is 0.253. The topological polar surface area (TPSA) is 59.3 Å². The molecule has 0 unspecified atom stereocenters. The van der Waals surface area contributed by atoms with Gasteiger partial charge in [-0.3, -0.25) is 4.72 Å². The molecule has 0 fully saturated rings. The first kappa shape index (κ1) is 19.4. The van der Waals surface area contributed by atoms with Gasteiger partial charge >= 0.3 is 0 Å². The van der Waals surface area contributed by atoms with E-state index in [9.17, 15) is 8.42 Å². The predicted octanol–water partition coefficient (Wildman–Crippen LogP) is 6.66. The molecular weight excluding hydrogens is 418 g/mol. The first-order valence-corrected chi connectivity index (χ1v) is 12.5. The fourth-order valence-electron chi connectivity index (χ4n) is 4.89. The summed E-state index contributed by atoms with van der Waals surface area (Å²) in [5, 5.41) is 4.69. The highest BCUT2D eigenvalue weighted by Crippen LogP contribution is 2.40. The Hall–Kier alpha value is -3.31. The first-order valence-electron chi connectivity index (χ1n) is 11.0. The molecule has 1 aromatic heterocycles. The van der Waals surface area contributed by atoms with Gasteiger partial charge in [-0.2, -0.15) is 0 Å². The molecule has 0 amide bonds. The summed E-state index contributed by atoms with van der Waals surface area (Å²) in [6, 6.07) is 22.8. The first-order chi connectivity index (χ1) is 15.5. The molecule has 0 aliphatic heterocycles. The third-order valence-corrected chi connectivity index (χ3v) is 7.94. The average Bonchev–Trinajstić information content (AvgIpc) is 3.16. The summed E-state index contributed by atoms with van der Waals surface area (Å²) in [6.45, 7) is 2.25. The molecule has 1 atom stereocenters. The van der Waals surface area contributed by atoms with Crippen molar-refractivity contribution >= 4 is 48.2 Å². The molecule has 0 spiro atoms. The highest BCUT2D eigenvalue weighted by atomic mass is 32.2. The van der Waals surface area contributed by atoms with E-state index in [1.165, 1.54) is 5.56 Å². The molecule has 160 valence electrons. The number of rotatable bonds is 3. The zero-order valence-corrected chi connectivity index (χ0v) is 18.6. The molecule has 5 aromatic rings. The van der Waals surface area contributed by atoms with Crippen molar-refractivity contribution in [2.45, 2.75) is 31.1 Å². The molecule has 0 radical (unpaired) electrons. The SMILES string of the molecule is C[C@H]1CCc2c(oc3c2cc(NS(=O)(=O)c2ccc4ccccc4c2)c2ccccc23)C1. The van der Waals surface area contributed by atoms with Gasteiger partial charge in [0.05, 0.1) is 10.6 Å². The van der Waals surface area contributed by atoms with Crippen LogP contribution in [0.5, 0.6) is 0 Å². The number of furan rings is 1. The summed E-state index contributed by atoms with van der Waals surface area (Å²) in [5.41, 5.74) is 2.66. The standard InChI is InChI=1S/C27H23NO3S/c1-17-10-13-22-24-16-25(21-8-4-5-9-23(21)27(24)31-26(22)14-17)28-32(29,30)20-12-11-18-6-2-3-7-19(18)15-20/h2-9,11-12,15-17,28H,10,13-14H2,1H3/t17-/m0/s1. The minimum Gasteiger partial charge on any atom is -0.460 e. The molecule has 4 aromatic carbocycles. The van der Waals surface area contributed by atoms with Crippen molar-refractivity contribution in [1.82, 2.24) is 0 Å². The van der Waals surface area contributed by atoms with E-state index in [2.05, 4.69) is 11.6 Å².